The molecule has 2 heterocycles. The number of amides is 1. The number of aromatic nitrogens is 1. The lowest BCUT2D eigenvalue weighted by Gasteiger charge is -2.17. The van der Waals surface area contributed by atoms with Crippen molar-refractivity contribution in [1.29, 1.82) is 0 Å². The molecule has 0 radical (unpaired) electrons. The van der Waals surface area contributed by atoms with Gasteiger partial charge in [0.25, 0.3) is 5.91 Å². The molecular weight excluding hydrogens is 338 g/mol. The maximum atomic E-state index is 12.9. The highest BCUT2D eigenvalue weighted by Gasteiger charge is 2.27. The van der Waals surface area contributed by atoms with Crippen LogP contribution in [0, 0.1) is 6.92 Å². The van der Waals surface area contributed by atoms with E-state index < -0.39 is 0 Å². The molecule has 27 heavy (non-hydrogen) atoms. The van der Waals surface area contributed by atoms with E-state index in [-0.39, 0.29) is 11.9 Å². The van der Waals surface area contributed by atoms with Gasteiger partial charge in [0.2, 0.25) is 0 Å². The van der Waals surface area contributed by atoms with Gasteiger partial charge in [-0.2, -0.15) is 0 Å². The van der Waals surface area contributed by atoms with Gasteiger partial charge in [0.05, 0.1) is 0 Å². The van der Waals surface area contributed by atoms with Crippen LogP contribution in [0.5, 0.6) is 0 Å². The quantitative estimate of drug-likeness (QED) is 0.754. The molecule has 1 saturated heterocycles. The van der Waals surface area contributed by atoms with Gasteiger partial charge in [0.15, 0.2) is 0 Å². The molecule has 0 spiro atoms. The molecule has 5 heteroatoms. The molecule has 1 fully saturated rings. The molecule has 2 aromatic carbocycles. The average Bonchev–Trinajstić information content (AvgIpc) is 3.29. The molecule has 1 aliphatic heterocycles. The fourth-order valence-corrected chi connectivity index (χ4v) is 3.63. The number of benzene rings is 2. The highest BCUT2D eigenvalue weighted by molar-refractivity contribution is 6.00. The summed E-state index contributed by atoms with van der Waals surface area (Å²) in [7, 11) is 0. The number of aryl methyl sites for hydroxylation is 1. The van der Waals surface area contributed by atoms with Gasteiger partial charge < -0.3 is 9.84 Å². The summed E-state index contributed by atoms with van der Waals surface area (Å²) >= 11 is 0. The smallest absolute Gasteiger partial charge is 0.257 e. The summed E-state index contributed by atoms with van der Waals surface area (Å²) < 4.78 is 5.31. The van der Waals surface area contributed by atoms with Crippen LogP contribution >= 0.6 is 0 Å². The largest absolute Gasteiger partial charge is 0.360 e. The van der Waals surface area contributed by atoms with Gasteiger partial charge in [0.1, 0.15) is 17.0 Å². The monoisotopic (exact) mass is 361 g/mol. The third-order valence-corrected chi connectivity index (χ3v) is 4.99. The van der Waals surface area contributed by atoms with Gasteiger partial charge in [-0.1, -0.05) is 65.8 Å². The highest BCUT2D eigenvalue weighted by Crippen LogP contribution is 2.25. The Hall–Kier alpha value is -2.92. The molecule has 1 atom stereocenters. The lowest BCUT2D eigenvalue weighted by molar-refractivity contribution is 0.0936. The Labute approximate surface area is 159 Å². The third kappa shape index (κ3) is 3.93. The highest BCUT2D eigenvalue weighted by atomic mass is 16.5. The molecule has 0 bridgehead atoms. The topological polar surface area (TPSA) is 58.4 Å². The maximum Gasteiger partial charge on any atom is 0.257 e. The summed E-state index contributed by atoms with van der Waals surface area (Å²) in [4.78, 5) is 15.3. The van der Waals surface area contributed by atoms with E-state index in [9.17, 15) is 4.79 Å². The second-order valence-electron chi connectivity index (χ2n) is 7.01. The average molecular weight is 361 g/mol. The van der Waals surface area contributed by atoms with Crippen LogP contribution in [-0.4, -0.2) is 35.1 Å². The van der Waals surface area contributed by atoms with Crippen molar-refractivity contribution >= 4 is 5.91 Å². The zero-order valence-corrected chi connectivity index (χ0v) is 15.4. The van der Waals surface area contributed by atoms with Crippen molar-refractivity contribution in [3.05, 3.63) is 77.6 Å². The summed E-state index contributed by atoms with van der Waals surface area (Å²) in [6, 6.07) is 20.2. The molecule has 1 aliphatic rings. The second kappa shape index (κ2) is 7.76. The summed E-state index contributed by atoms with van der Waals surface area (Å²) in [5, 5.41) is 7.27. The maximum absolute atomic E-state index is 12.9. The van der Waals surface area contributed by atoms with Crippen LogP contribution in [0.25, 0.3) is 11.3 Å². The molecule has 5 nitrogen and oxygen atoms in total. The number of likely N-dealkylation sites (tertiary alicyclic amines) is 1. The SMILES string of the molecule is Cc1onc(-c2ccccc2)c1C(=O)NC1CCN(Cc2ccccc2)C1. The first-order valence-corrected chi connectivity index (χ1v) is 9.29. The number of rotatable bonds is 5. The van der Waals surface area contributed by atoms with Crippen LogP contribution in [0.3, 0.4) is 0 Å². The molecule has 4 rings (SSSR count). The first-order valence-electron chi connectivity index (χ1n) is 9.29. The molecule has 1 unspecified atom stereocenters. The number of hydrogen-bond acceptors (Lipinski definition) is 4. The van der Waals surface area contributed by atoms with Crippen molar-refractivity contribution in [2.24, 2.45) is 0 Å². The second-order valence-corrected chi connectivity index (χ2v) is 7.01. The minimum absolute atomic E-state index is 0.112. The van der Waals surface area contributed by atoms with Crippen LogP contribution in [-0.2, 0) is 6.54 Å². The molecular formula is C22H23N3O2. The van der Waals surface area contributed by atoms with E-state index >= 15 is 0 Å². The minimum atomic E-state index is -0.112. The molecule has 3 aromatic rings. The Morgan fingerprint density at radius 1 is 1.15 bits per heavy atom. The van der Waals surface area contributed by atoms with Gasteiger partial charge in [-0.05, 0) is 18.9 Å². The predicted octanol–water partition coefficient (Wildman–Crippen LogP) is 3.65. The first kappa shape index (κ1) is 17.5. The van der Waals surface area contributed by atoms with Crippen molar-refractivity contribution in [3.8, 4) is 11.3 Å². The fraction of sp³-hybridized carbons (Fsp3) is 0.273. The van der Waals surface area contributed by atoms with E-state index in [1.165, 1.54) is 5.56 Å². The van der Waals surface area contributed by atoms with Crippen molar-refractivity contribution < 1.29 is 9.32 Å². The van der Waals surface area contributed by atoms with Crippen molar-refractivity contribution in [2.75, 3.05) is 13.1 Å². The molecule has 0 aliphatic carbocycles. The third-order valence-electron chi connectivity index (χ3n) is 4.99. The summed E-state index contributed by atoms with van der Waals surface area (Å²) in [5.41, 5.74) is 3.31. The van der Waals surface area contributed by atoms with Gasteiger partial charge in [-0.25, -0.2) is 0 Å². The number of carbonyl (C=O) groups is 1. The van der Waals surface area contributed by atoms with Crippen LogP contribution < -0.4 is 5.32 Å². The number of nitrogens with zero attached hydrogens (tertiary/aromatic N) is 2. The zero-order chi connectivity index (χ0) is 18.6. The normalized spacial score (nSPS) is 17.1. The van der Waals surface area contributed by atoms with Gasteiger partial charge in [-0.3, -0.25) is 9.69 Å². The molecule has 0 saturated carbocycles. The van der Waals surface area contributed by atoms with Gasteiger partial charge in [0, 0.05) is 31.2 Å². The molecule has 138 valence electrons. The van der Waals surface area contributed by atoms with Crippen molar-refractivity contribution in [2.45, 2.75) is 25.9 Å². The van der Waals surface area contributed by atoms with Gasteiger partial charge >= 0.3 is 0 Å². The molecule has 1 amide bonds. The zero-order valence-electron chi connectivity index (χ0n) is 15.4. The van der Waals surface area contributed by atoms with E-state index in [4.69, 9.17) is 4.52 Å². The lowest BCUT2D eigenvalue weighted by atomic mass is 10.1. The standard InChI is InChI=1S/C22H23N3O2/c1-16-20(21(24-27-16)18-10-6-3-7-11-18)22(26)23-19-12-13-25(15-19)14-17-8-4-2-5-9-17/h2-11,19H,12-15H2,1H3,(H,23,26). The lowest BCUT2D eigenvalue weighted by Crippen LogP contribution is -2.37. The number of nitrogens with one attached hydrogen (secondary N) is 1. The van der Waals surface area contributed by atoms with E-state index in [2.05, 4.69) is 39.6 Å². The van der Waals surface area contributed by atoms with Crippen molar-refractivity contribution in [1.82, 2.24) is 15.4 Å². The van der Waals surface area contributed by atoms with Crippen LogP contribution in [0.1, 0.15) is 28.1 Å². The summed E-state index contributed by atoms with van der Waals surface area (Å²) in [5.74, 6) is 0.435. The Kier molecular flexibility index (Phi) is 5.03. The van der Waals surface area contributed by atoms with Crippen LogP contribution in [0.15, 0.2) is 65.2 Å². The van der Waals surface area contributed by atoms with Gasteiger partial charge in [-0.15, -0.1) is 0 Å². The molecule has 1 aromatic heterocycles. The number of hydrogen-bond donors (Lipinski definition) is 1. The fourth-order valence-electron chi connectivity index (χ4n) is 3.63. The summed E-state index contributed by atoms with van der Waals surface area (Å²) in [6.45, 7) is 4.53. The first-order chi connectivity index (χ1) is 13.2. The van der Waals surface area contributed by atoms with E-state index in [1.807, 2.05) is 36.4 Å². The number of carbonyl (C=O) groups excluding carboxylic acids is 1. The Morgan fingerprint density at radius 3 is 2.59 bits per heavy atom. The van der Waals surface area contributed by atoms with E-state index in [0.29, 0.717) is 17.0 Å². The Balaban J connectivity index is 1.43. The van der Waals surface area contributed by atoms with Crippen molar-refractivity contribution in [3.63, 3.8) is 0 Å². The minimum Gasteiger partial charge on any atom is -0.360 e. The summed E-state index contributed by atoms with van der Waals surface area (Å²) in [6.07, 6.45) is 0.948. The predicted molar refractivity (Wildman–Crippen MR) is 104 cm³/mol. The Bertz CT molecular complexity index is 906. The Morgan fingerprint density at radius 2 is 1.85 bits per heavy atom. The van der Waals surface area contributed by atoms with E-state index in [0.717, 1.165) is 31.6 Å². The van der Waals surface area contributed by atoms with Crippen LogP contribution in [0.4, 0.5) is 0 Å². The van der Waals surface area contributed by atoms with E-state index in [1.54, 1.807) is 6.92 Å². The van der Waals surface area contributed by atoms with Crippen LogP contribution in [0.2, 0.25) is 0 Å². The molecule has 1 N–H and O–H groups in total.